The Balaban J connectivity index is 1.58. The number of ether oxygens (including phenoxy) is 1. The average molecular weight is 334 g/mol. The molecule has 3 nitrogen and oxygen atoms in total. The molecule has 0 bridgehead atoms. The van der Waals surface area contributed by atoms with Crippen molar-refractivity contribution in [3.8, 4) is 5.75 Å². The second-order valence-electron chi connectivity index (χ2n) is 5.72. The summed E-state index contributed by atoms with van der Waals surface area (Å²) in [6.07, 6.45) is 1.70. The Morgan fingerprint density at radius 2 is 1.76 bits per heavy atom. The largest absolute Gasteiger partial charge is 0.489 e. The maximum atomic E-state index is 12.9. The number of nitrogens with zero attached hydrogens (tertiary/aromatic N) is 1. The van der Waals surface area contributed by atoms with Gasteiger partial charge in [0, 0.05) is 0 Å². The minimum absolute atomic E-state index is 0.270. The molecule has 0 saturated carbocycles. The van der Waals surface area contributed by atoms with E-state index in [-0.39, 0.29) is 5.82 Å². The topological polar surface area (TPSA) is 33.6 Å². The van der Waals surface area contributed by atoms with Crippen molar-refractivity contribution in [2.75, 3.05) is 5.43 Å². The van der Waals surface area contributed by atoms with Crippen molar-refractivity contribution in [3.63, 3.8) is 0 Å². The molecule has 0 unspecified atom stereocenters. The predicted octanol–water partition coefficient (Wildman–Crippen LogP) is 5.16. The molecule has 0 radical (unpaired) electrons. The molecule has 0 aromatic heterocycles. The Bertz CT molecular complexity index is 843. The van der Waals surface area contributed by atoms with Crippen LogP contribution in [-0.2, 0) is 6.61 Å². The molecule has 3 aromatic rings. The van der Waals surface area contributed by atoms with Gasteiger partial charge in [-0.1, -0.05) is 42.0 Å². The van der Waals surface area contributed by atoms with E-state index in [2.05, 4.69) is 41.7 Å². The van der Waals surface area contributed by atoms with E-state index in [4.69, 9.17) is 4.74 Å². The average Bonchev–Trinajstić information content (AvgIpc) is 2.63. The summed E-state index contributed by atoms with van der Waals surface area (Å²) >= 11 is 0. The number of hydrazone groups is 1. The highest BCUT2D eigenvalue weighted by Gasteiger charge is 1.98. The van der Waals surface area contributed by atoms with Gasteiger partial charge in [0.2, 0.25) is 0 Å². The number of rotatable bonds is 6. The van der Waals surface area contributed by atoms with Gasteiger partial charge in [0.05, 0.1) is 11.9 Å². The minimum atomic E-state index is -0.270. The van der Waals surface area contributed by atoms with E-state index >= 15 is 0 Å². The fourth-order valence-electron chi connectivity index (χ4n) is 2.24. The van der Waals surface area contributed by atoms with Crippen LogP contribution in [0.1, 0.15) is 16.7 Å². The van der Waals surface area contributed by atoms with E-state index in [1.165, 1.54) is 17.7 Å². The van der Waals surface area contributed by atoms with E-state index in [0.717, 1.165) is 22.6 Å². The lowest BCUT2D eigenvalue weighted by Gasteiger charge is -2.07. The molecular weight excluding hydrogens is 315 g/mol. The van der Waals surface area contributed by atoms with Gasteiger partial charge in [-0.2, -0.15) is 5.10 Å². The molecule has 0 spiro atoms. The van der Waals surface area contributed by atoms with Crippen molar-refractivity contribution in [2.24, 2.45) is 5.10 Å². The van der Waals surface area contributed by atoms with Crippen LogP contribution in [0, 0.1) is 12.7 Å². The lowest BCUT2D eigenvalue weighted by molar-refractivity contribution is 0.306. The van der Waals surface area contributed by atoms with Crippen molar-refractivity contribution in [2.45, 2.75) is 13.5 Å². The molecule has 3 rings (SSSR count). The van der Waals surface area contributed by atoms with Gasteiger partial charge in [-0.3, -0.25) is 5.43 Å². The first kappa shape index (κ1) is 16.7. The van der Waals surface area contributed by atoms with Gasteiger partial charge < -0.3 is 4.74 Å². The van der Waals surface area contributed by atoms with Crippen LogP contribution in [0.4, 0.5) is 10.1 Å². The summed E-state index contributed by atoms with van der Waals surface area (Å²) in [4.78, 5) is 0. The van der Waals surface area contributed by atoms with Crippen molar-refractivity contribution in [3.05, 3.63) is 95.3 Å². The van der Waals surface area contributed by atoms with E-state index < -0.39 is 0 Å². The molecule has 1 N–H and O–H groups in total. The van der Waals surface area contributed by atoms with Gasteiger partial charge in [-0.05, 0) is 54.4 Å². The van der Waals surface area contributed by atoms with Crippen LogP contribution < -0.4 is 10.2 Å². The molecule has 0 saturated heterocycles. The normalized spacial score (nSPS) is 10.8. The summed E-state index contributed by atoms with van der Waals surface area (Å²) < 4.78 is 18.7. The first-order valence-electron chi connectivity index (χ1n) is 8.02. The van der Waals surface area contributed by atoms with Gasteiger partial charge >= 0.3 is 0 Å². The highest BCUT2D eigenvalue weighted by Crippen LogP contribution is 2.15. The molecule has 0 amide bonds. The van der Waals surface area contributed by atoms with Crippen molar-refractivity contribution >= 4 is 11.9 Å². The fourth-order valence-corrected chi connectivity index (χ4v) is 2.24. The SMILES string of the molecule is Cc1ccc(COc2cccc(C=NNc3ccc(F)cc3)c2)cc1. The van der Waals surface area contributed by atoms with Crippen molar-refractivity contribution in [1.29, 1.82) is 0 Å². The fraction of sp³-hybridized carbons (Fsp3) is 0.0952. The smallest absolute Gasteiger partial charge is 0.123 e. The quantitative estimate of drug-likeness (QED) is 0.499. The number of nitrogens with one attached hydrogen (secondary N) is 1. The zero-order chi connectivity index (χ0) is 17.5. The van der Waals surface area contributed by atoms with Gasteiger partial charge in [0.15, 0.2) is 0 Å². The van der Waals surface area contributed by atoms with Gasteiger partial charge in [-0.25, -0.2) is 4.39 Å². The summed E-state index contributed by atoms with van der Waals surface area (Å²) in [5, 5.41) is 4.16. The molecule has 0 aliphatic heterocycles. The summed E-state index contributed by atoms with van der Waals surface area (Å²) in [6.45, 7) is 2.59. The van der Waals surface area contributed by atoms with Crippen LogP contribution in [0.25, 0.3) is 0 Å². The Kier molecular flexibility index (Phi) is 5.42. The third-order valence-electron chi connectivity index (χ3n) is 3.64. The van der Waals surface area contributed by atoms with E-state index in [9.17, 15) is 4.39 Å². The van der Waals surface area contributed by atoms with Gasteiger partial charge in [0.1, 0.15) is 18.2 Å². The van der Waals surface area contributed by atoms with Crippen LogP contribution in [0.3, 0.4) is 0 Å². The van der Waals surface area contributed by atoms with Crippen LogP contribution in [0.15, 0.2) is 77.9 Å². The Hall–Kier alpha value is -3.14. The molecule has 3 aromatic carbocycles. The summed E-state index contributed by atoms with van der Waals surface area (Å²) in [5.41, 5.74) is 6.86. The summed E-state index contributed by atoms with van der Waals surface area (Å²) in [5.74, 6) is 0.513. The molecule has 126 valence electrons. The molecule has 25 heavy (non-hydrogen) atoms. The van der Waals surface area contributed by atoms with Crippen LogP contribution in [-0.4, -0.2) is 6.21 Å². The first-order chi connectivity index (χ1) is 12.2. The zero-order valence-corrected chi connectivity index (χ0v) is 13.9. The monoisotopic (exact) mass is 334 g/mol. The first-order valence-corrected chi connectivity index (χ1v) is 8.02. The van der Waals surface area contributed by atoms with Crippen molar-refractivity contribution < 1.29 is 9.13 Å². The number of benzene rings is 3. The van der Waals surface area contributed by atoms with Gasteiger partial charge in [0.25, 0.3) is 0 Å². The molecule has 0 heterocycles. The highest BCUT2D eigenvalue weighted by atomic mass is 19.1. The number of hydrogen-bond donors (Lipinski definition) is 1. The molecule has 0 atom stereocenters. The van der Waals surface area contributed by atoms with Gasteiger partial charge in [-0.15, -0.1) is 0 Å². The molecular formula is C21H19FN2O. The Labute approximate surface area is 146 Å². The minimum Gasteiger partial charge on any atom is -0.489 e. The number of aryl methyl sites for hydroxylation is 1. The van der Waals surface area contributed by atoms with Crippen molar-refractivity contribution in [1.82, 2.24) is 0 Å². The van der Waals surface area contributed by atoms with Crippen LogP contribution >= 0.6 is 0 Å². The third kappa shape index (κ3) is 5.18. The molecule has 0 fully saturated rings. The maximum Gasteiger partial charge on any atom is 0.123 e. The summed E-state index contributed by atoms with van der Waals surface area (Å²) in [6, 6.07) is 22.0. The maximum absolute atomic E-state index is 12.9. The van der Waals surface area contributed by atoms with Crippen LogP contribution in [0.5, 0.6) is 5.75 Å². The number of hydrogen-bond acceptors (Lipinski definition) is 3. The Morgan fingerprint density at radius 3 is 2.52 bits per heavy atom. The van der Waals surface area contributed by atoms with E-state index in [1.807, 2.05) is 24.3 Å². The molecule has 0 aliphatic rings. The zero-order valence-electron chi connectivity index (χ0n) is 13.9. The summed E-state index contributed by atoms with van der Waals surface area (Å²) in [7, 11) is 0. The number of anilines is 1. The Morgan fingerprint density at radius 1 is 1.00 bits per heavy atom. The predicted molar refractivity (Wildman–Crippen MR) is 99.6 cm³/mol. The second kappa shape index (κ2) is 8.11. The lowest BCUT2D eigenvalue weighted by Crippen LogP contribution is -1.96. The molecule has 0 aliphatic carbocycles. The standard InChI is InChI=1S/C21H19FN2O/c1-16-5-7-17(8-6-16)15-25-21-4-2-3-18(13-21)14-23-24-20-11-9-19(22)10-12-20/h2-14,24H,15H2,1H3. The highest BCUT2D eigenvalue weighted by molar-refractivity contribution is 5.80. The van der Waals surface area contributed by atoms with E-state index in [0.29, 0.717) is 6.61 Å². The number of halogens is 1. The lowest BCUT2D eigenvalue weighted by atomic mass is 10.2. The second-order valence-corrected chi connectivity index (χ2v) is 5.72. The van der Waals surface area contributed by atoms with E-state index in [1.54, 1.807) is 18.3 Å². The third-order valence-corrected chi connectivity index (χ3v) is 3.64. The van der Waals surface area contributed by atoms with Crippen LogP contribution in [0.2, 0.25) is 0 Å². The molecule has 4 heteroatoms.